The highest BCUT2D eigenvalue weighted by Crippen LogP contribution is 2.55. The molecule has 3 rings (SSSR count). The van der Waals surface area contributed by atoms with E-state index in [0.29, 0.717) is 30.4 Å². The van der Waals surface area contributed by atoms with Crippen LogP contribution in [0.15, 0.2) is 11.3 Å². The van der Waals surface area contributed by atoms with Crippen molar-refractivity contribution in [3.8, 4) is 0 Å². The molecule has 0 spiro atoms. The summed E-state index contributed by atoms with van der Waals surface area (Å²) < 4.78 is 17.1. The standard InChI is InChI=1S/C22H36O5/c1-13-7-8-22(24)11-14(2)16-12-27-18(16)10-15(25-5)9-17(23)20(26-6)19(13)21(22,3)4/h13-16,18,24H,7-12H2,1-6H3/b20-19+. The van der Waals surface area contributed by atoms with E-state index in [2.05, 4.69) is 27.7 Å². The van der Waals surface area contributed by atoms with E-state index in [1.54, 1.807) is 14.2 Å². The third kappa shape index (κ3) is 3.47. The van der Waals surface area contributed by atoms with Crippen LogP contribution in [0, 0.1) is 23.2 Å². The second-order valence-corrected chi connectivity index (χ2v) is 9.48. The highest BCUT2D eigenvalue weighted by molar-refractivity contribution is 5.94. The molecule has 1 N–H and O–H groups in total. The zero-order valence-electron chi connectivity index (χ0n) is 17.7. The molecule has 27 heavy (non-hydrogen) atoms. The molecule has 1 saturated carbocycles. The monoisotopic (exact) mass is 380 g/mol. The maximum Gasteiger partial charge on any atom is 0.199 e. The molecular weight excluding hydrogens is 344 g/mol. The molecule has 6 atom stereocenters. The molecule has 154 valence electrons. The van der Waals surface area contributed by atoms with Gasteiger partial charge in [-0.25, -0.2) is 0 Å². The summed E-state index contributed by atoms with van der Waals surface area (Å²) in [4.78, 5) is 13.2. The summed E-state index contributed by atoms with van der Waals surface area (Å²) in [5.74, 6) is 1.35. The number of carbonyl (C=O) groups excluding carboxylic acids is 1. The number of fused-ring (bicyclic) bond motifs is 3. The Morgan fingerprint density at radius 2 is 1.93 bits per heavy atom. The van der Waals surface area contributed by atoms with Gasteiger partial charge in [0.2, 0.25) is 0 Å². The molecule has 1 saturated heterocycles. The molecule has 0 aromatic carbocycles. The number of carbonyl (C=O) groups is 1. The summed E-state index contributed by atoms with van der Waals surface area (Å²) in [5.41, 5.74) is -0.409. The Morgan fingerprint density at radius 1 is 1.22 bits per heavy atom. The van der Waals surface area contributed by atoms with Gasteiger partial charge in [0.15, 0.2) is 11.5 Å². The minimum atomic E-state index is -0.849. The largest absolute Gasteiger partial charge is 0.493 e. The third-order valence-corrected chi connectivity index (χ3v) is 7.63. The van der Waals surface area contributed by atoms with Crippen molar-refractivity contribution < 1.29 is 24.1 Å². The van der Waals surface area contributed by atoms with Crippen molar-refractivity contribution in [2.24, 2.45) is 23.2 Å². The number of ketones is 1. The Labute approximate surface area is 163 Å². The fourth-order valence-corrected chi connectivity index (χ4v) is 5.64. The minimum absolute atomic E-state index is 0.0342. The van der Waals surface area contributed by atoms with E-state index in [0.717, 1.165) is 25.0 Å². The van der Waals surface area contributed by atoms with E-state index in [1.165, 1.54) is 0 Å². The van der Waals surface area contributed by atoms with Crippen molar-refractivity contribution >= 4 is 5.78 Å². The number of Topliss-reactive ketones (excluding diaryl/α,β-unsaturated/α-hetero) is 1. The summed E-state index contributed by atoms with van der Waals surface area (Å²) in [5, 5.41) is 11.8. The van der Waals surface area contributed by atoms with Crippen LogP contribution < -0.4 is 0 Å². The second kappa shape index (κ2) is 7.49. The van der Waals surface area contributed by atoms with Gasteiger partial charge in [-0.15, -0.1) is 0 Å². The fraction of sp³-hybridized carbons (Fsp3) is 0.864. The van der Waals surface area contributed by atoms with Gasteiger partial charge >= 0.3 is 0 Å². The van der Waals surface area contributed by atoms with Crippen LogP contribution in [0.2, 0.25) is 0 Å². The number of hydrogen-bond donors (Lipinski definition) is 1. The van der Waals surface area contributed by atoms with E-state index < -0.39 is 11.0 Å². The lowest BCUT2D eigenvalue weighted by atomic mass is 9.56. The number of allylic oxidation sites excluding steroid dienone is 1. The highest BCUT2D eigenvalue weighted by Gasteiger charge is 2.54. The topological polar surface area (TPSA) is 65.0 Å². The Balaban J connectivity index is 2.09. The van der Waals surface area contributed by atoms with Gasteiger partial charge in [0.1, 0.15) is 0 Å². The maximum absolute atomic E-state index is 13.2. The van der Waals surface area contributed by atoms with Crippen LogP contribution in [0.4, 0.5) is 0 Å². The molecule has 5 nitrogen and oxygen atoms in total. The molecule has 2 fully saturated rings. The lowest BCUT2D eigenvalue weighted by Crippen LogP contribution is -2.55. The molecule has 1 heterocycles. The Hall–Kier alpha value is -0.910. The van der Waals surface area contributed by atoms with Crippen molar-refractivity contribution in [1.82, 2.24) is 0 Å². The predicted octanol–water partition coefficient (Wildman–Crippen LogP) is 3.49. The van der Waals surface area contributed by atoms with E-state index in [-0.39, 0.29) is 30.3 Å². The molecule has 3 aliphatic rings. The first-order valence-corrected chi connectivity index (χ1v) is 10.3. The minimum Gasteiger partial charge on any atom is -0.493 e. The first-order valence-electron chi connectivity index (χ1n) is 10.3. The number of hydrogen-bond acceptors (Lipinski definition) is 5. The number of methoxy groups -OCH3 is 2. The Bertz CT molecular complexity index is 610. The van der Waals surface area contributed by atoms with Crippen LogP contribution in [0.3, 0.4) is 0 Å². The average Bonchev–Trinajstić information content (AvgIpc) is 2.57. The van der Waals surface area contributed by atoms with Crippen molar-refractivity contribution in [3.63, 3.8) is 0 Å². The lowest BCUT2D eigenvalue weighted by molar-refractivity contribution is -0.172. The van der Waals surface area contributed by atoms with Gasteiger partial charge in [0.25, 0.3) is 0 Å². The highest BCUT2D eigenvalue weighted by atomic mass is 16.5. The zero-order chi connectivity index (χ0) is 20.0. The molecule has 1 aliphatic heterocycles. The molecule has 0 aromatic heterocycles. The van der Waals surface area contributed by atoms with Gasteiger partial charge in [-0.2, -0.15) is 0 Å². The van der Waals surface area contributed by atoms with Crippen LogP contribution in [0.1, 0.15) is 59.8 Å². The summed E-state index contributed by atoms with van der Waals surface area (Å²) in [7, 11) is 3.23. The van der Waals surface area contributed by atoms with Gasteiger partial charge in [0.05, 0.1) is 31.5 Å². The molecule has 5 heteroatoms. The lowest BCUT2D eigenvalue weighted by Gasteiger charge is -2.53. The van der Waals surface area contributed by atoms with Crippen LogP contribution in [-0.4, -0.2) is 49.5 Å². The van der Waals surface area contributed by atoms with Gasteiger partial charge in [0, 0.05) is 31.3 Å². The molecule has 0 radical (unpaired) electrons. The second-order valence-electron chi connectivity index (χ2n) is 9.48. The van der Waals surface area contributed by atoms with Crippen LogP contribution in [-0.2, 0) is 19.0 Å². The van der Waals surface area contributed by atoms with Gasteiger partial charge < -0.3 is 19.3 Å². The summed E-state index contributed by atoms with van der Waals surface area (Å²) in [6, 6.07) is 0. The van der Waals surface area contributed by atoms with Crippen molar-refractivity contribution in [2.45, 2.75) is 77.6 Å². The van der Waals surface area contributed by atoms with Crippen molar-refractivity contribution in [1.29, 1.82) is 0 Å². The van der Waals surface area contributed by atoms with E-state index in [9.17, 15) is 9.90 Å². The van der Waals surface area contributed by atoms with Crippen LogP contribution in [0.5, 0.6) is 0 Å². The van der Waals surface area contributed by atoms with Gasteiger partial charge in [-0.1, -0.05) is 27.7 Å². The molecule has 0 amide bonds. The molecule has 2 bridgehead atoms. The fourth-order valence-electron chi connectivity index (χ4n) is 5.64. The van der Waals surface area contributed by atoms with Gasteiger partial charge in [-0.05, 0) is 36.7 Å². The van der Waals surface area contributed by atoms with Crippen LogP contribution in [0.25, 0.3) is 0 Å². The number of aliphatic hydroxyl groups is 1. The molecule has 2 aliphatic carbocycles. The van der Waals surface area contributed by atoms with Gasteiger partial charge in [-0.3, -0.25) is 4.79 Å². The summed E-state index contributed by atoms with van der Waals surface area (Å²) >= 11 is 0. The summed E-state index contributed by atoms with van der Waals surface area (Å²) in [6.07, 6.45) is 3.24. The smallest absolute Gasteiger partial charge is 0.199 e. The normalized spacial score (nSPS) is 45.1. The SMILES string of the molecule is CO/C1=C2\C(C)CCC(O)(CC(C)C3COC3CC(OC)CC1=O)C2(C)C. The molecule has 6 unspecified atom stereocenters. The maximum atomic E-state index is 13.2. The quantitative estimate of drug-likeness (QED) is 0.794. The zero-order valence-corrected chi connectivity index (χ0v) is 17.7. The Kier molecular flexibility index (Phi) is 5.77. The van der Waals surface area contributed by atoms with E-state index in [4.69, 9.17) is 14.2 Å². The molecule has 0 aromatic rings. The number of rotatable bonds is 2. The van der Waals surface area contributed by atoms with Crippen molar-refractivity contribution in [3.05, 3.63) is 11.3 Å². The predicted molar refractivity (Wildman–Crippen MR) is 103 cm³/mol. The Morgan fingerprint density at radius 3 is 2.48 bits per heavy atom. The number of ether oxygens (including phenoxy) is 3. The van der Waals surface area contributed by atoms with E-state index in [1.807, 2.05) is 0 Å². The first-order chi connectivity index (χ1) is 12.6. The van der Waals surface area contributed by atoms with E-state index >= 15 is 0 Å². The van der Waals surface area contributed by atoms with Crippen molar-refractivity contribution in [2.75, 3.05) is 20.8 Å². The molecular formula is C22H36O5. The third-order valence-electron chi connectivity index (χ3n) is 7.63. The summed E-state index contributed by atoms with van der Waals surface area (Å²) in [6.45, 7) is 9.25. The van der Waals surface area contributed by atoms with Crippen LogP contribution >= 0.6 is 0 Å². The first kappa shape index (κ1) is 20.8. The average molecular weight is 381 g/mol.